The van der Waals surface area contributed by atoms with Crippen molar-refractivity contribution in [2.24, 2.45) is 11.8 Å². The van der Waals surface area contributed by atoms with Crippen molar-refractivity contribution in [1.29, 1.82) is 0 Å². The molecule has 0 aromatic heterocycles. The van der Waals surface area contributed by atoms with Crippen molar-refractivity contribution in [2.45, 2.75) is 57.4 Å². The van der Waals surface area contributed by atoms with Crippen LogP contribution >= 0.6 is 0 Å². The van der Waals surface area contributed by atoms with Gasteiger partial charge in [0.15, 0.2) is 0 Å². The highest BCUT2D eigenvalue weighted by molar-refractivity contribution is 5.86. The van der Waals surface area contributed by atoms with Gasteiger partial charge in [-0.1, -0.05) is 38.1 Å². The van der Waals surface area contributed by atoms with Crippen LogP contribution in [0.5, 0.6) is 0 Å². The molecule has 1 aromatic rings. The van der Waals surface area contributed by atoms with Crippen LogP contribution in [0.15, 0.2) is 24.3 Å². The maximum absolute atomic E-state index is 12.8. The third-order valence-electron chi connectivity index (χ3n) is 5.99. The predicted octanol–water partition coefficient (Wildman–Crippen LogP) is 2.90. The molecule has 2 N–H and O–H groups in total. The van der Waals surface area contributed by atoms with Crippen molar-refractivity contribution in [2.75, 3.05) is 0 Å². The first kappa shape index (κ1) is 16.0. The minimum absolute atomic E-state index is 0.00178. The highest BCUT2D eigenvalue weighted by Crippen LogP contribution is 2.61. The topological polar surface area (TPSA) is 66.4 Å². The van der Waals surface area contributed by atoms with Crippen LogP contribution < -0.4 is 5.32 Å². The number of nitrogens with one attached hydrogen (secondary N) is 1. The molecule has 0 bridgehead atoms. The molecule has 1 fully saturated rings. The quantitative estimate of drug-likeness (QED) is 0.878. The van der Waals surface area contributed by atoms with E-state index in [1.165, 1.54) is 11.1 Å². The summed E-state index contributed by atoms with van der Waals surface area (Å²) < 4.78 is 0. The summed E-state index contributed by atoms with van der Waals surface area (Å²) in [6, 6.07) is 8.40. The largest absolute Gasteiger partial charge is 0.481 e. The van der Waals surface area contributed by atoms with Gasteiger partial charge in [-0.3, -0.25) is 9.59 Å². The first-order valence-corrected chi connectivity index (χ1v) is 8.41. The normalized spacial score (nSPS) is 27.6. The lowest BCUT2D eigenvalue weighted by Crippen LogP contribution is -2.52. The van der Waals surface area contributed by atoms with Crippen LogP contribution in [-0.4, -0.2) is 22.5 Å². The molecule has 0 radical (unpaired) electrons. The molecule has 4 nitrogen and oxygen atoms in total. The van der Waals surface area contributed by atoms with E-state index in [1.807, 2.05) is 26.8 Å². The highest BCUT2D eigenvalue weighted by atomic mass is 16.4. The smallest absolute Gasteiger partial charge is 0.305 e. The summed E-state index contributed by atoms with van der Waals surface area (Å²) in [4.78, 5) is 23.9. The SMILES string of the molecule is CC(C)C(C)(CC(=O)O)NC(=O)C1CC12CCc1ccccc12. The molecule has 1 amide bonds. The minimum atomic E-state index is -0.877. The second kappa shape index (κ2) is 5.36. The van der Waals surface area contributed by atoms with Crippen LogP contribution in [0, 0.1) is 11.8 Å². The molecule has 2 aliphatic rings. The molecule has 1 saturated carbocycles. The third kappa shape index (κ3) is 2.64. The van der Waals surface area contributed by atoms with Gasteiger partial charge in [-0.25, -0.2) is 0 Å². The number of hydrogen-bond acceptors (Lipinski definition) is 2. The van der Waals surface area contributed by atoms with E-state index in [9.17, 15) is 9.59 Å². The van der Waals surface area contributed by atoms with E-state index >= 15 is 0 Å². The van der Waals surface area contributed by atoms with Gasteiger partial charge in [0.2, 0.25) is 5.91 Å². The fourth-order valence-electron chi connectivity index (χ4n) is 4.01. The Kier molecular flexibility index (Phi) is 3.74. The Hall–Kier alpha value is -1.84. The van der Waals surface area contributed by atoms with Gasteiger partial charge in [0.05, 0.1) is 6.42 Å². The van der Waals surface area contributed by atoms with Crippen LogP contribution in [0.4, 0.5) is 0 Å². The molecule has 3 rings (SSSR count). The molecule has 1 spiro atoms. The Balaban J connectivity index is 1.75. The molecular formula is C19H25NO3. The van der Waals surface area contributed by atoms with E-state index in [1.54, 1.807) is 0 Å². The molecule has 3 atom stereocenters. The molecule has 4 heteroatoms. The molecule has 1 aromatic carbocycles. The zero-order valence-corrected chi connectivity index (χ0v) is 14.1. The van der Waals surface area contributed by atoms with Crippen LogP contribution in [0.3, 0.4) is 0 Å². The second-order valence-electron chi connectivity index (χ2n) is 7.70. The first-order chi connectivity index (χ1) is 10.8. The fourth-order valence-corrected chi connectivity index (χ4v) is 4.01. The van der Waals surface area contributed by atoms with E-state index in [0.29, 0.717) is 0 Å². The van der Waals surface area contributed by atoms with Gasteiger partial charge in [-0.15, -0.1) is 0 Å². The molecule has 3 unspecified atom stereocenters. The molecule has 2 aliphatic carbocycles. The van der Waals surface area contributed by atoms with Gasteiger partial charge in [0.25, 0.3) is 0 Å². The second-order valence-corrected chi connectivity index (χ2v) is 7.70. The number of amides is 1. The number of fused-ring (bicyclic) bond motifs is 2. The van der Waals surface area contributed by atoms with Crippen LogP contribution in [0.1, 0.15) is 51.2 Å². The number of carbonyl (C=O) groups is 2. The van der Waals surface area contributed by atoms with Gasteiger partial charge in [0, 0.05) is 16.9 Å². The fraction of sp³-hybridized carbons (Fsp3) is 0.579. The summed E-state index contributed by atoms with van der Waals surface area (Å²) in [5.41, 5.74) is 1.98. The summed E-state index contributed by atoms with van der Waals surface area (Å²) in [5.74, 6) is -0.816. The number of carboxylic acids is 1. The summed E-state index contributed by atoms with van der Waals surface area (Å²) >= 11 is 0. The Labute approximate surface area is 137 Å². The van der Waals surface area contributed by atoms with Crippen molar-refractivity contribution in [3.05, 3.63) is 35.4 Å². The minimum Gasteiger partial charge on any atom is -0.481 e. The number of hydrogen-bond donors (Lipinski definition) is 2. The van der Waals surface area contributed by atoms with Crippen LogP contribution in [0.2, 0.25) is 0 Å². The van der Waals surface area contributed by atoms with E-state index in [0.717, 1.165) is 19.3 Å². The average molecular weight is 315 g/mol. The summed E-state index contributed by atoms with van der Waals surface area (Å²) in [7, 11) is 0. The van der Waals surface area contributed by atoms with E-state index in [4.69, 9.17) is 5.11 Å². The van der Waals surface area contributed by atoms with Crippen LogP contribution in [0.25, 0.3) is 0 Å². The maximum Gasteiger partial charge on any atom is 0.305 e. The third-order valence-corrected chi connectivity index (χ3v) is 5.99. The number of benzene rings is 1. The monoisotopic (exact) mass is 315 g/mol. The van der Waals surface area contributed by atoms with E-state index < -0.39 is 11.5 Å². The first-order valence-electron chi connectivity index (χ1n) is 8.41. The molecular weight excluding hydrogens is 290 g/mol. The zero-order valence-electron chi connectivity index (χ0n) is 14.1. The molecule has 0 saturated heterocycles. The molecule has 23 heavy (non-hydrogen) atoms. The van der Waals surface area contributed by atoms with E-state index in [-0.39, 0.29) is 29.6 Å². The van der Waals surface area contributed by atoms with Crippen LogP contribution in [-0.2, 0) is 21.4 Å². The van der Waals surface area contributed by atoms with Gasteiger partial charge < -0.3 is 10.4 Å². The van der Waals surface area contributed by atoms with E-state index in [2.05, 4.69) is 23.5 Å². The molecule has 0 aliphatic heterocycles. The van der Waals surface area contributed by atoms with Gasteiger partial charge >= 0.3 is 5.97 Å². The maximum atomic E-state index is 12.8. The van der Waals surface area contributed by atoms with Crippen molar-refractivity contribution >= 4 is 11.9 Å². The predicted molar refractivity (Wildman–Crippen MR) is 88.2 cm³/mol. The zero-order chi connectivity index (χ0) is 16.8. The van der Waals surface area contributed by atoms with Gasteiger partial charge in [-0.05, 0) is 43.2 Å². The van der Waals surface area contributed by atoms with Gasteiger partial charge in [0.1, 0.15) is 0 Å². The van der Waals surface area contributed by atoms with Crippen molar-refractivity contribution in [1.82, 2.24) is 5.32 Å². The Morgan fingerprint density at radius 2 is 2.09 bits per heavy atom. The molecule has 0 heterocycles. The van der Waals surface area contributed by atoms with Gasteiger partial charge in [-0.2, -0.15) is 0 Å². The lowest BCUT2D eigenvalue weighted by Gasteiger charge is -2.34. The number of carbonyl (C=O) groups excluding carboxylic acids is 1. The standard InChI is InChI=1S/C19H25NO3/c1-12(2)18(3,11-16(21)22)20-17(23)15-10-19(15)9-8-13-6-4-5-7-14(13)19/h4-7,12,15H,8-11H2,1-3H3,(H,20,23)(H,21,22). The number of aryl methyl sites for hydroxylation is 1. The number of carboxylic acid groups (broad SMARTS) is 1. The lowest BCUT2D eigenvalue weighted by atomic mass is 9.84. The Bertz CT molecular complexity index is 654. The highest BCUT2D eigenvalue weighted by Gasteiger charge is 2.61. The average Bonchev–Trinajstić information content (AvgIpc) is 3.08. The Morgan fingerprint density at radius 1 is 1.39 bits per heavy atom. The van der Waals surface area contributed by atoms with Crippen molar-refractivity contribution in [3.8, 4) is 0 Å². The Morgan fingerprint density at radius 3 is 2.74 bits per heavy atom. The summed E-state index contributed by atoms with van der Waals surface area (Å²) in [6.07, 6.45) is 2.90. The summed E-state index contributed by atoms with van der Waals surface area (Å²) in [5, 5.41) is 12.2. The van der Waals surface area contributed by atoms with Crippen molar-refractivity contribution < 1.29 is 14.7 Å². The summed E-state index contributed by atoms with van der Waals surface area (Å²) in [6.45, 7) is 5.74. The lowest BCUT2D eigenvalue weighted by molar-refractivity contribution is -0.139. The van der Waals surface area contributed by atoms with Crippen molar-refractivity contribution in [3.63, 3.8) is 0 Å². The number of rotatable bonds is 5. The molecule has 124 valence electrons. The number of aliphatic carboxylic acids is 1.